The molecule has 0 radical (unpaired) electrons. The maximum absolute atomic E-state index is 2.42. The SMILES string of the molecule is c1ccc(-c2cccc3c2c2ccc(N(c4ccccc4)c4ccc5c(c4)-c4ccccc4C5c4ccccc4)cc2n3-c2ccccc2)cc1. The van der Waals surface area contributed by atoms with Gasteiger partial charge in [-0.1, -0.05) is 146 Å². The highest BCUT2D eigenvalue weighted by molar-refractivity contribution is 6.16. The van der Waals surface area contributed by atoms with Crippen LogP contribution in [0, 0.1) is 0 Å². The van der Waals surface area contributed by atoms with Gasteiger partial charge in [-0.15, -0.1) is 0 Å². The number of benzene rings is 8. The monoisotopic (exact) mass is 650 g/mol. The minimum Gasteiger partial charge on any atom is -0.310 e. The van der Waals surface area contributed by atoms with Crippen molar-refractivity contribution >= 4 is 38.9 Å². The third kappa shape index (κ3) is 4.80. The van der Waals surface area contributed by atoms with Crippen LogP contribution in [0.2, 0.25) is 0 Å². The summed E-state index contributed by atoms with van der Waals surface area (Å²) in [7, 11) is 0. The third-order valence-electron chi connectivity index (χ3n) is 10.4. The molecule has 1 heterocycles. The van der Waals surface area contributed by atoms with E-state index in [0.717, 1.165) is 22.7 Å². The Bertz CT molecular complexity index is 2680. The van der Waals surface area contributed by atoms with Crippen LogP contribution in [-0.2, 0) is 0 Å². The topological polar surface area (TPSA) is 8.17 Å². The van der Waals surface area contributed by atoms with Gasteiger partial charge in [-0.05, 0) is 93.5 Å². The summed E-state index contributed by atoms with van der Waals surface area (Å²) in [5.74, 6) is 0.216. The second-order valence-electron chi connectivity index (χ2n) is 13.3. The normalized spacial score (nSPS) is 13.3. The highest BCUT2D eigenvalue weighted by Gasteiger charge is 2.30. The molecule has 0 saturated carbocycles. The highest BCUT2D eigenvalue weighted by Crippen LogP contribution is 2.50. The van der Waals surface area contributed by atoms with E-state index in [4.69, 9.17) is 0 Å². The maximum atomic E-state index is 2.42. The second kappa shape index (κ2) is 12.0. The molecule has 0 amide bonds. The quantitative estimate of drug-likeness (QED) is 0.174. The molecule has 240 valence electrons. The molecule has 2 nitrogen and oxygen atoms in total. The van der Waals surface area contributed by atoms with Gasteiger partial charge in [-0.25, -0.2) is 0 Å². The first-order valence-corrected chi connectivity index (χ1v) is 17.6. The average Bonchev–Trinajstić information content (AvgIpc) is 3.72. The van der Waals surface area contributed by atoms with Crippen molar-refractivity contribution < 1.29 is 0 Å². The van der Waals surface area contributed by atoms with Crippen molar-refractivity contribution in [1.29, 1.82) is 0 Å². The Hall–Kier alpha value is -6.64. The van der Waals surface area contributed by atoms with Crippen LogP contribution in [0.15, 0.2) is 200 Å². The lowest BCUT2D eigenvalue weighted by Gasteiger charge is -2.26. The molecule has 0 saturated heterocycles. The van der Waals surface area contributed by atoms with Gasteiger partial charge in [-0.2, -0.15) is 0 Å². The largest absolute Gasteiger partial charge is 0.310 e. The fourth-order valence-corrected chi connectivity index (χ4v) is 8.27. The van der Waals surface area contributed by atoms with E-state index in [1.54, 1.807) is 0 Å². The number of para-hydroxylation sites is 2. The first-order chi connectivity index (χ1) is 25.3. The van der Waals surface area contributed by atoms with Crippen molar-refractivity contribution in [3.8, 4) is 27.9 Å². The van der Waals surface area contributed by atoms with Gasteiger partial charge < -0.3 is 9.47 Å². The molecule has 0 bridgehead atoms. The van der Waals surface area contributed by atoms with E-state index in [2.05, 4.69) is 210 Å². The molecule has 1 aliphatic carbocycles. The molecule has 10 rings (SSSR count). The van der Waals surface area contributed by atoms with E-state index in [-0.39, 0.29) is 5.92 Å². The molecule has 1 aliphatic rings. The molecule has 2 heteroatoms. The number of anilines is 3. The van der Waals surface area contributed by atoms with Gasteiger partial charge in [0.1, 0.15) is 0 Å². The van der Waals surface area contributed by atoms with Crippen LogP contribution in [0.25, 0.3) is 49.7 Å². The maximum Gasteiger partial charge on any atom is 0.0562 e. The summed E-state index contributed by atoms with van der Waals surface area (Å²) in [4.78, 5) is 2.41. The lowest BCUT2D eigenvalue weighted by Crippen LogP contribution is -2.10. The van der Waals surface area contributed by atoms with Crippen LogP contribution in [0.4, 0.5) is 17.1 Å². The minimum atomic E-state index is 0.216. The van der Waals surface area contributed by atoms with Gasteiger partial charge in [-0.3, -0.25) is 0 Å². The van der Waals surface area contributed by atoms with E-state index >= 15 is 0 Å². The molecule has 0 spiro atoms. The van der Waals surface area contributed by atoms with Crippen molar-refractivity contribution in [3.05, 3.63) is 217 Å². The van der Waals surface area contributed by atoms with Gasteiger partial charge in [0, 0.05) is 39.4 Å². The lowest BCUT2D eigenvalue weighted by molar-refractivity contribution is 1.01. The summed E-state index contributed by atoms with van der Waals surface area (Å²) in [6.45, 7) is 0. The Balaban J connectivity index is 1.21. The predicted molar refractivity (Wildman–Crippen MR) is 214 cm³/mol. The first-order valence-electron chi connectivity index (χ1n) is 17.6. The Morgan fingerprint density at radius 1 is 0.392 bits per heavy atom. The van der Waals surface area contributed by atoms with Crippen molar-refractivity contribution in [2.45, 2.75) is 5.92 Å². The van der Waals surface area contributed by atoms with Gasteiger partial charge in [0.15, 0.2) is 0 Å². The highest BCUT2D eigenvalue weighted by atomic mass is 15.1. The smallest absolute Gasteiger partial charge is 0.0562 e. The van der Waals surface area contributed by atoms with Gasteiger partial charge in [0.25, 0.3) is 0 Å². The fraction of sp³-hybridized carbons (Fsp3) is 0.0204. The summed E-state index contributed by atoms with van der Waals surface area (Å²) >= 11 is 0. The van der Waals surface area contributed by atoms with E-state index in [0.29, 0.717) is 0 Å². The van der Waals surface area contributed by atoms with Crippen LogP contribution in [0.5, 0.6) is 0 Å². The van der Waals surface area contributed by atoms with E-state index in [1.165, 1.54) is 60.8 Å². The molecule has 51 heavy (non-hydrogen) atoms. The van der Waals surface area contributed by atoms with Crippen LogP contribution in [0.1, 0.15) is 22.6 Å². The summed E-state index contributed by atoms with van der Waals surface area (Å²) in [6.07, 6.45) is 0. The Labute approximate surface area is 298 Å². The number of hydrogen-bond acceptors (Lipinski definition) is 1. The summed E-state index contributed by atoms with van der Waals surface area (Å²) in [6, 6.07) is 72.8. The van der Waals surface area contributed by atoms with E-state index in [9.17, 15) is 0 Å². The zero-order valence-corrected chi connectivity index (χ0v) is 28.0. The van der Waals surface area contributed by atoms with Crippen LogP contribution in [0.3, 0.4) is 0 Å². The summed E-state index contributed by atoms with van der Waals surface area (Å²) in [5, 5.41) is 2.50. The van der Waals surface area contributed by atoms with Crippen LogP contribution in [-0.4, -0.2) is 4.57 Å². The van der Waals surface area contributed by atoms with Crippen molar-refractivity contribution in [2.24, 2.45) is 0 Å². The minimum absolute atomic E-state index is 0.216. The van der Waals surface area contributed by atoms with E-state index in [1.807, 2.05) is 0 Å². The van der Waals surface area contributed by atoms with Crippen molar-refractivity contribution in [1.82, 2.24) is 4.57 Å². The molecule has 0 fully saturated rings. The van der Waals surface area contributed by atoms with Crippen molar-refractivity contribution in [3.63, 3.8) is 0 Å². The van der Waals surface area contributed by atoms with Crippen LogP contribution < -0.4 is 4.90 Å². The zero-order valence-electron chi connectivity index (χ0n) is 28.0. The Kier molecular flexibility index (Phi) is 6.92. The van der Waals surface area contributed by atoms with E-state index < -0.39 is 0 Å². The average molecular weight is 651 g/mol. The first kappa shape index (κ1) is 29.3. The van der Waals surface area contributed by atoms with Gasteiger partial charge in [0.05, 0.1) is 11.0 Å². The molecule has 1 atom stereocenters. The molecule has 8 aromatic carbocycles. The number of fused-ring (bicyclic) bond motifs is 6. The molecule has 0 N–H and O–H groups in total. The van der Waals surface area contributed by atoms with Gasteiger partial charge >= 0.3 is 0 Å². The van der Waals surface area contributed by atoms with Gasteiger partial charge in [0.2, 0.25) is 0 Å². The standard InChI is InChI=1S/C49H34N2/c1-5-16-34(17-6-1)40-26-15-27-46-49(40)44-31-29-39(33-47(44)51(46)37-22-11-4-12-23-37)50(36-20-9-3-10-21-36)38-28-30-43-45(32-38)41-24-13-14-25-42(41)48(43)35-18-7-2-8-19-35/h1-33,48H. The number of aromatic nitrogens is 1. The van der Waals surface area contributed by atoms with Crippen LogP contribution >= 0.6 is 0 Å². The molecular weight excluding hydrogens is 617 g/mol. The second-order valence-corrected chi connectivity index (χ2v) is 13.3. The molecular formula is C49H34N2. The molecule has 1 aromatic heterocycles. The molecule has 0 aliphatic heterocycles. The fourth-order valence-electron chi connectivity index (χ4n) is 8.27. The Morgan fingerprint density at radius 3 is 1.78 bits per heavy atom. The number of nitrogens with zero attached hydrogens (tertiary/aromatic N) is 2. The number of hydrogen-bond donors (Lipinski definition) is 0. The third-order valence-corrected chi connectivity index (χ3v) is 10.4. The number of rotatable bonds is 6. The molecule has 9 aromatic rings. The lowest BCUT2D eigenvalue weighted by atomic mass is 9.89. The molecule has 1 unspecified atom stereocenters. The Morgan fingerprint density at radius 2 is 1.00 bits per heavy atom. The summed E-state index contributed by atoms with van der Waals surface area (Å²) < 4.78 is 2.42. The predicted octanol–water partition coefficient (Wildman–Crippen LogP) is 13.1. The summed E-state index contributed by atoms with van der Waals surface area (Å²) in [5.41, 5.74) is 16.0. The zero-order chi connectivity index (χ0) is 33.7. The van der Waals surface area contributed by atoms with Crippen molar-refractivity contribution in [2.75, 3.05) is 4.90 Å².